The van der Waals surface area contributed by atoms with Crippen LogP contribution in [0.25, 0.3) is 65.8 Å². The lowest BCUT2D eigenvalue weighted by Crippen LogP contribution is -1.95. The summed E-state index contributed by atoms with van der Waals surface area (Å²) in [6, 6.07) is 51.8. The second kappa shape index (κ2) is 10.1. The van der Waals surface area contributed by atoms with Crippen LogP contribution in [0.15, 0.2) is 162 Å². The van der Waals surface area contributed by atoms with E-state index in [4.69, 9.17) is 9.72 Å². The monoisotopic (exact) mass is 579 g/mol. The van der Waals surface area contributed by atoms with Crippen LogP contribution in [0, 0.1) is 0 Å². The van der Waals surface area contributed by atoms with Gasteiger partial charge in [0, 0.05) is 17.3 Å². The Kier molecular flexibility index (Phi) is 5.78. The lowest BCUT2D eigenvalue weighted by molar-refractivity contribution is 0.454. The Labute approximate surface area is 259 Å². The van der Waals surface area contributed by atoms with Crippen molar-refractivity contribution in [1.29, 1.82) is 0 Å². The molecule has 0 saturated carbocycles. The number of hydrogen-bond acceptors (Lipinski definition) is 3. The molecule has 206 valence electrons. The van der Waals surface area contributed by atoms with E-state index in [9.17, 15) is 0 Å². The number of para-hydroxylation sites is 1. The van der Waals surface area contributed by atoms with Crippen molar-refractivity contribution in [3.05, 3.63) is 152 Å². The number of pyridine rings is 1. The van der Waals surface area contributed by atoms with Crippen LogP contribution in [-0.2, 0) is 0 Å². The summed E-state index contributed by atoms with van der Waals surface area (Å²) in [5, 5.41) is 7.58. The summed E-state index contributed by atoms with van der Waals surface area (Å²) >= 11 is 1.75. The molecule has 0 amide bonds. The molecule has 0 radical (unpaired) electrons. The van der Waals surface area contributed by atoms with E-state index >= 15 is 0 Å². The molecule has 0 fully saturated rings. The molecule has 9 rings (SSSR count). The normalized spacial score (nSPS) is 12.2. The van der Waals surface area contributed by atoms with Gasteiger partial charge in [-0.15, -0.1) is 0 Å². The summed E-state index contributed by atoms with van der Waals surface area (Å²) in [6.07, 6.45) is 1.98. The molecule has 0 atom stereocenters. The molecular weight excluding hydrogens is 555 g/mol. The predicted molar refractivity (Wildman–Crippen MR) is 184 cm³/mol. The second-order valence-corrected chi connectivity index (χ2v) is 12.3. The summed E-state index contributed by atoms with van der Waals surface area (Å²) < 4.78 is 6.13. The smallest absolute Gasteiger partial charge is 0.141 e. The molecule has 0 unspecified atom stereocenters. The highest BCUT2D eigenvalue weighted by Crippen LogP contribution is 2.48. The van der Waals surface area contributed by atoms with Crippen LogP contribution in [0.4, 0.5) is 0 Å². The number of nitrogens with zero attached hydrogens (tertiary/aromatic N) is 1. The van der Waals surface area contributed by atoms with Crippen molar-refractivity contribution in [2.24, 2.45) is 0 Å². The van der Waals surface area contributed by atoms with Crippen LogP contribution in [0.1, 0.15) is 0 Å². The lowest BCUT2D eigenvalue weighted by atomic mass is 9.91. The number of ether oxygens (including phenoxy) is 1. The maximum atomic E-state index is 6.13. The Morgan fingerprint density at radius 3 is 1.75 bits per heavy atom. The van der Waals surface area contributed by atoms with Gasteiger partial charge in [0.25, 0.3) is 0 Å². The van der Waals surface area contributed by atoms with Gasteiger partial charge in [-0.2, -0.15) is 0 Å². The number of rotatable bonds is 3. The average Bonchev–Trinajstić information content (AvgIpc) is 3.10. The molecule has 0 bridgehead atoms. The van der Waals surface area contributed by atoms with Crippen LogP contribution >= 0.6 is 11.8 Å². The first-order valence-electron chi connectivity index (χ1n) is 14.8. The summed E-state index contributed by atoms with van der Waals surface area (Å²) in [4.78, 5) is 7.19. The number of fused-ring (bicyclic) bond motifs is 8. The Balaban J connectivity index is 1.10. The van der Waals surface area contributed by atoms with E-state index in [1.54, 1.807) is 11.8 Å². The molecule has 1 aliphatic heterocycles. The predicted octanol–water partition coefficient (Wildman–Crippen LogP) is 11.8. The zero-order chi connectivity index (χ0) is 29.0. The van der Waals surface area contributed by atoms with E-state index in [-0.39, 0.29) is 0 Å². The minimum atomic E-state index is 0.897. The van der Waals surface area contributed by atoms with Gasteiger partial charge >= 0.3 is 0 Å². The van der Waals surface area contributed by atoms with Gasteiger partial charge in [-0.3, -0.25) is 4.98 Å². The molecule has 0 spiro atoms. The largest absolute Gasteiger partial charge is 0.455 e. The quantitative estimate of drug-likeness (QED) is 0.194. The van der Waals surface area contributed by atoms with Crippen LogP contribution in [0.3, 0.4) is 0 Å². The molecule has 0 N–H and O–H groups in total. The summed E-state index contributed by atoms with van der Waals surface area (Å²) in [6.45, 7) is 0. The summed E-state index contributed by atoms with van der Waals surface area (Å²) in [5.74, 6) is 1.81. The number of benzene rings is 7. The fourth-order valence-corrected chi connectivity index (χ4v) is 7.36. The molecule has 8 aromatic rings. The fraction of sp³-hybridized carbons (Fsp3) is 0. The first-order chi connectivity index (χ1) is 21.8. The SMILES string of the molecule is c1ccc(-c2ccc3c4ccc(-c5ccc(-c6ccc7c(c6)Sc6ccccc6O7)cn5)cc4c4ccccc4c3c2)cc1. The molecule has 1 aromatic heterocycles. The van der Waals surface area contributed by atoms with E-state index in [1.165, 1.54) is 43.4 Å². The second-order valence-electron chi connectivity index (χ2n) is 11.2. The highest BCUT2D eigenvalue weighted by atomic mass is 32.2. The Morgan fingerprint density at radius 2 is 0.977 bits per heavy atom. The van der Waals surface area contributed by atoms with Gasteiger partial charge in [-0.25, -0.2) is 0 Å². The van der Waals surface area contributed by atoms with Crippen molar-refractivity contribution in [1.82, 2.24) is 4.98 Å². The van der Waals surface area contributed by atoms with Crippen LogP contribution in [0.5, 0.6) is 11.5 Å². The molecule has 1 aliphatic rings. The Morgan fingerprint density at radius 1 is 0.386 bits per heavy atom. The van der Waals surface area contributed by atoms with E-state index in [0.717, 1.165) is 43.7 Å². The summed E-state index contributed by atoms with van der Waals surface area (Å²) in [7, 11) is 0. The van der Waals surface area contributed by atoms with Gasteiger partial charge in [0.1, 0.15) is 11.5 Å². The first-order valence-corrected chi connectivity index (χ1v) is 15.6. The van der Waals surface area contributed by atoms with Crippen LogP contribution < -0.4 is 4.74 Å². The number of aromatic nitrogens is 1. The fourth-order valence-electron chi connectivity index (χ4n) is 6.37. The van der Waals surface area contributed by atoms with Crippen molar-refractivity contribution < 1.29 is 4.74 Å². The lowest BCUT2D eigenvalue weighted by Gasteiger charge is -2.20. The van der Waals surface area contributed by atoms with Gasteiger partial charge in [0.15, 0.2) is 0 Å². The third-order valence-corrected chi connectivity index (χ3v) is 9.67. The van der Waals surface area contributed by atoms with Gasteiger partial charge in [-0.1, -0.05) is 115 Å². The van der Waals surface area contributed by atoms with E-state index < -0.39 is 0 Å². The standard InChI is InChI=1S/C41H25NOS/c1-2-8-26(9-3-1)27-14-18-33-34-19-15-29(23-36(34)32-11-5-4-10-31(32)35(33)22-27)37-20-16-30(25-42-37)28-17-21-39-41(24-28)44-40-13-7-6-12-38(40)43-39/h1-25H. The first kappa shape index (κ1) is 25.1. The van der Waals surface area contributed by atoms with E-state index in [2.05, 4.69) is 127 Å². The molecule has 0 aliphatic carbocycles. The maximum Gasteiger partial charge on any atom is 0.141 e. The van der Waals surface area contributed by atoms with Gasteiger partial charge in [0.2, 0.25) is 0 Å². The van der Waals surface area contributed by atoms with Crippen molar-refractivity contribution in [3.8, 4) is 45.0 Å². The van der Waals surface area contributed by atoms with Gasteiger partial charge in [0.05, 0.1) is 15.5 Å². The molecule has 7 aromatic carbocycles. The van der Waals surface area contributed by atoms with Crippen LogP contribution in [0.2, 0.25) is 0 Å². The minimum absolute atomic E-state index is 0.897. The molecule has 0 saturated heterocycles. The molecule has 2 nitrogen and oxygen atoms in total. The molecule has 44 heavy (non-hydrogen) atoms. The van der Waals surface area contributed by atoms with E-state index in [1.807, 2.05) is 24.4 Å². The third-order valence-electron chi connectivity index (χ3n) is 8.57. The Bertz CT molecular complexity index is 2360. The van der Waals surface area contributed by atoms with Crippen molar-refractivity contribution >= 4 is 44.1 Å². The van der Waals surface area contributed by atoms with Gasteiger partial charge < -0.3 is 4.74 Å². The highest BCUT2D eigenvalue weighted by molar-refractivity contribution is 7.99. The molecule has 3 heteroatoms. The minimum Gasteiger partial charge on any atom is -0.455 e. The molecule has 2 heterocycles. The van der Waals surface area contributed by atoms with Crippen molar-refractivity contribution in [3.63, 3.8) is 0 Å². The highest BCUT2D eigenvalue weighted by Gasteiger charge is 2.18. The average molecular weight is 580 g/mol. The zero-order valence-electron chi connectivity index (χ0n) is 23.7. The van der Waals surface area contributed by atoms with Gasteiger partial charge in [-0.05, 0) is 91.5 Å². The zero-order valence-corrected chi connectivity index (χ0v) is 24.5. The van der Waals surface area contributed by atoms with Crippen LogP contribution in [-0.4, -0.2) is 4.98 Å². The third kappa shape index (κ3) is 4.16. The molecular formula is C41H25NOS. The van der Waals surface area contributed by atoms with Crippen molar-refractivity contribution in [2.75, 3.05) is 0 Å². The Hall–Kier alpha value is -5.38. The van der Waals surface area contributed by atoms with E-state index in [0.29, 0.717) is 0 Å². The summed E-state index contributed by atoms with van der Waals surface area (Å²) in [5.41, 5.74) is 6.76. The topological polar surface area (TPSA) is 22.1 Å². The van der Waals surface area contributed by atoms with Crippen molar-refractivity contribution in [2.45, 2.75) is 9.79 Å². The number of hydrogen-bond donors (Lipinski definition) is 0. The maximum absolute atomic E-state index is 6.13.